The Morgan fingerprint density at radius 3 is 2.46 bits per heavy atom. The molecule has 1 fully saturated rings. The SMILES string of the molecule is Cc1cc(C(=O)CN2C(=O)N[C@](C)(c3cccc(-n4cnnn4)c3)C2=O)c(C)n1-c1ccccc1. The Balaban J connectivity index is 1.41. The van der Waals surface area contributed by atoms with Gasteiger partial charge in [0, 0.05) is 22.6 Å². The number of carbonyl (C=O) groups excluding carboxylic acids is 3. The number of aryl methyl sites for hydroxylation is 1. The van der Waals surface area contributed by atoms with Crippen molar-refractivity contribution in [1.29, 1.82) is 0 Å². The van der Waals surface area contributed by atoms with Gasteiger partial charge in [-0.1, -0.05) is 30.3 Å². The highest BCUT2D eigenvalue weighted by Crippen LogP contribution is 2.30. The average Bonchev–Trinajstić information content (AvgIpc) is 3.55. The number of nitrogens with zero attached hydrogens (tertiary/aromatic N) is 6. The molecule has 5 rings (SSSR count). The van der Waals surface area contributed by atoms with Crippen LogP contribution in [0.4, 0.5) is 4.79 Å². The molecule has 0 saturated carbocycles. The van der Waals surface area contributed by atoms with Crippen LogP contribution >= 0.6 is 0 Å². The second-order valence-corrected chi connectivity index (χ2v) is 8.63. The number of amides is 3. The van der Waals surface area contributed by atoms with Gasteiger partial charge in [-0.2, -0.15) is 0 Å². The van der Waals surface area contributed by atoms with E-state index in [0.717, 1.165) is 22.0 Å². The van der Waals surface area contributed by atoms with Gasteiger partial charge in [0.25, 0.3) is 5.91 Å². The molecule has 0 spiro atoms. The third-order valence-electron chi connectivity index (χ3n) is 6.36. The largest absolute Gasteiger partial charge is 0.325 e. The lowest BCUT2D eigenvalue weighted by Gasteiger charge is -2.22. The molecule has 4 aromatic rings. The van der Waals surface area contributed by atoms with E-state index in [2.05, 4.69) is 20.8 Å². The molecule has 3 heterocycles. The molecule has 10 heteroatoms. The first-order valence-corrected chi connectivity index (χ1v) is 11.0. The Morgan fingerprint density at radius 1 is 1.00 bits per heavy atom. The van der Waals surface area contributed by atoms with Crippen LogP contribution < -0.4 is 5.32 Å². The van der Waals surface area contributed by atoms with Crippen LogP contribution in [-0.2, 0) is 10.3 Å². The molecule has 0 aliphatic carbocycles. The number of aromatic nitrogens is 5. The summed E-state index contributed by atoms with van der Waals surface area (Å²) in [7, 11) is 0. The maximum Gasteiger partial charge on any atom is 0.325 e. The number of benzene rings is 2. The molecular weight excluding hydrogens is 446 g/mol. The molecule has 1 N–H and O–H groups in total. The third-order valence-corrected chi connectivity index (χ3v) is 6.36. The molecule has 0 radical (unpaired) electrons. The van der Waals surface area contributed by atoms with Crippen LogP contribution in [-0.4, -0.2) is 53.9 Å². The summed E-state index contributed by atoms with van der Waals surface area (Å²) in [5.74, 6) is -0.808. The van der Waals surface area contributed by atoms with E-state index in [9.17, 15) is 14.4 Å². The average molecular weight is 470 g/mol. The van der Waals surface area contributed by atoms with E-state index >= 15 is 0 Å². The summed E-state index contributed by atoms with van der Waals surface area (Å²) in [6.45, 7) is 5.04. The Bertz CT molecular complexity index is 1440. The Labute approximate surface area is 201 Å². The zero-order valence-electron chi connectivity index (χ0n) is 19.5. The quantitative estimate of drug-likeness (QED) is 0.343. The van der Waals surface area contributed by atoms with Crippen molar-refractivity contribution in [2.45, 2.75) is 26.3 Å². The number of nitrogens with one attached hydrogen (secondary N) is 1. The molecule has 3 amide bonds. The van der Waals surface area contributed by atoms with Gasteiger partial charge in [-0.25, -0.2) is 9.48 Å². The van der Waals surface area contributed by atoms with Gasteiger partial charge < -0.3 is 9.88 Å². The highest BCUT2D eigenvalue weighted by atomic mass is 16.2. The van der Waals surface area contributed by atoms with Gasteiger partial charge in [0.2, 0.25) is 0 Å². The number of ketones is 1. The fourth-order valence-electron chi connectivity index (χ4n) is 4.52. The van der Waals surface area contributed by atoms with Gasteiger partial charge in [0.1, 0.15) is 11.9 Å². The maximum atomic E-state index is 13.4. The Hall–Kier alpha value is -4.60. The molecule has 0 bridgehead atoms. The molecule has 1 aliphatic rings. The fraction of sp³-hybridized carbons (Fsp3) is 0.200. The summed E-state index contributed by atoms with van der Waals surface area (Å²) in [4.78, 5) is 40.5. The third kappa shape index (κ3) is 3.68. The molecule has 2 aromatic heterocycles. The van der Waals surface area contributed by atoms with Crippen LogP contribution in [0, 0.1) is 13.8 Å². The minimum atomic E-state index is -1.33. The zero-order chi connectivity index (χ0) is 24.7. The molecule has 1 aliphatic heterocycles. The number of urea groups is 1. The van der Waals surface area contributed by atoms with Crippen molar-refractivity contribution >= 4 is 17.7 Å². The summed E-state index contributed by atoms with van der Waals surface area (Å²) < 4.78 is 3.44. The van der Waals surface area contributed by atoms with Crippen LogP contribution in [0.2, 0.25) is 0 Å². The lowest BCUT2D eigenvalue weighted by atomic mass is 9.91. The second kappa shape index (κ2) is 8.32. The first kappa shape index (κ1) is 22.2. The number of Topliss-reactive ketones (excluding diaryl/α,β-unsaturated/α-hetero) is 1. The van der Waals surface area contributed by atoms with Crippen molar-refractivity contribution in [1.82, 2.24) is 35.0 Å². The predicted octanol–water partition coefficient (Wildman–Crippen LogP) is 2.72. The number of imide groups is 1. The number of carbonyl (C=O) groups is 3. The summed E-state index contributed by atoms with van der Waals surface area (Å²) in [6.07, 6.45) is 1.44. The van der Waals surface area contributed by atoms with Gasteiger partial charge in [0.15, 0.2) is 5.78 Å². The van der Waals surface area contributed by atoms with Crippen LogP contribution in [0.25, 0.3) is 11.4 Å². The zero-order valence-corrected chi connectivity index (χ0v) is 19.5. The minimum absolute atomic E-state index is 0.310. The molecule has 176 valence electrons. The summed E-state index contributed by atoms with van der Waals surface area (Å²) in [5, 5.41) is 13.9. The van der Waals surface area contributed by atoms with Crippen LogP contribution in [0.15, 0.2) is 67.0 Å². The molecule has 2 aromatic carbocycles. The minimum Gasteiger partial charge on any atom is -0.319 e. The van der Waals surface area contributed by atoms with Gasteiger partial charge in [-0.3, -0.25) is 14.5 Å². The topological polar surface area (TPSA) is 115 Å². The lowest BCUT2D eigenvalue weighted by Crippen LogP contribution is -2.41. The molecule has 0 unspecified atom stereocenters. The van der Waals surface area contributed by atoms with E-state index < -0.39 is 17.5 Å². The standard InChI is InChI=1S/C25H23N7O3/c1-16-12-21(17(2)32(16)19-9-5-4-6-10-19)22(33)14-30-23(34)25(3,27-24(30)35)18-8-7-11-20(13-18)31-15-26-28-29-31/h4-13,15H,14H2,1-3H3,(H,27,35)/t25-/m1/s1. The van der Waals surface area contributed by atoms with Gasteiger partial charge in [0.05, 0.1) is 12.2 Å². The smallest absolute Gasteiger partial charge is 0.319 e. The summed E-state index contributed by atoms with van der Waals surface area (Å²) in [5.41, 5.74) is 2.91. The van der Waals surface area contributed by atoms with E-state index in [1.165, 1.54) is 11.0 Å². The van der Waals surface area contributed by atoms with Crippen LogP contribution in [0.1, 0.15) is 34.2 Å². The second-order valence-electron chi connectivity index (χ2n) is 8.63. The summed E-state index contributed by atoms with van der Waals surface area (Å²) in [6, 6.07) is 17.9. The Morgan fingerprint density at radius 2 is 1.74 bits per heavy atom. The van der Waals surface area contributed by atoms with Crippen molar-refractivity contribution in [2.24, 2.45) is 0 Å². The van der Waals surface area contributed by atoms with E-state index in [1.54, 1.807) is 37.3 Å². The van der Waals surface area contributed by atoms with Crippen LogP contribution in [0.3, 0.4) is 0 Å². The van der Waals surface area contributed by atoms with Crippen molar-refractivity contribution in [3.05, 3.63) is 89.5 Å². The first-order chi connectivity index (χ1) is 16.8. The number of tetrazole rings is 1. The van der Waals surface area contributed by atoms with Crippen LogP contribution in [0.5, 0.6) is 0 Å². The van der Waals surface area contributed by atoms with Crippen molar-refractivity contribution in [3.8, 4) is 11.4 Å². The predicted molar refractivity (Wildman–Crippen MR) is 126 cm³/mol. The highest BCUT2D eigenvalue weighted by molar-refractivity contribution is 6.11. The van der Waals surface area contributed by atoms with E-state index in [4.69, 9.17) is 0 Å². The van der Waals surface area contributed by atoms with E-state index in [-0.39, 0.29) is 12.3 Å². The van der Waals surface area contributed by atoms with Gasteiger partial charge in [-0.05, 0) is 67.1 Å². The van der Waals surface area contributed by atoms with Crippen molar-refractivity contribution in [2.75, 3.05) is 6.54 Å². The van der Waals surface area contributed by atoms with E-state index in [1.807, 2.05) is 48.7 Å². The number of hydrogen-bond acceptors (Lipinski definition) is 6. The maximum absolute atomic E-state index is 13.4. The number of hydrogen-bond donors (Lipinski definition) is 1. The molecule has 10 nitrogen and oxygen atoms in total. The molecule has 35 heavy (non-hydrogen) atoms. The first-order valence-electron chi connectivity index (χ1n) is 11.0. The van der Waals surface area contributed by atoms with E-state index in [0.29, 0.717) is 16.8 Å². The van der Waals surface area contributed by atoms with Crippen molar-refractivity contribution < 1.29 is 14.4 Å². The monoisotopic (exact) mass is 469 g/mol. The highest BCUT2D eigenvalue weighted by Gasteiger charge is 2.49. The van der Waals surface area contributed by atoms with Gasteiger partial charge >= 0.3 is 6.03 Å². The molecular formula is C25H23N7O3. The van der Waals surface area contributed by atoms with Gasteiger partial charge in [-0.15, -0.1) is 5.10 Å². The molecule has 1 saturated heterocycles. The Kier molecular flexibility index (Phi) is 5.28. The lowest BCUT2D eigenvalue weighted by molar-refractivity contribution is -0.130. The van der Waals surface area contributed by atoms with Crippen molar-refractivity contribution in [3.63, 3.8) is 0 Å². The normalized spacial score (nSPS) is 17.6. The number of rotatable bonds is 6. The fourth-order valence-corrected chi connectivity index (χ4v) is 4.52. The summed E-state index contributed by atoms with van der Waals surface area (Å²) >= 11 is 0. The number of para-hydroxylation sites is 1. The molecule has 1 atom stereocenters.